The van der Waals surface area contributed by atoms with Gasteiger partial charge in [-0.2, -0.15) is 13.2 Å². The van der Waals surface area contributed by atoms with Crippen LogP contribution in [0.5, 0.6) is 0 Å². The van der Waals surface area contributed by atoms with Crippen LogP contribution in [0.1, 0.15) is 64.5 Å². The van der Waals surface area contributed by atoms with Crippen LogP contribution in [-0.2, 0) is 22.1 Å². The molecule has 36 heavy (non-hydrogen) atoms. The molecule has 0 bridgehead atoms. The zero-order valence-electron chi connectivity index (χ0n) is 20.7. The van der Waals surface area contributed by atoms with Crippen molar-refractivity contribution in [3.8, 4) is 0 Å². The molecule has 1 amide bonds. The van der Waals surface area contributed by atoms with E-state index in [9.17, 15) is 27.9 Å². The molecule has 0 aliphatic rings. The number of alkyl halides is 3. The molecule has 0 aromatic heterocycles. The Balaban J connectivity index is 2.08. The van der Waals surface area contributed by atoms with Crippen molar-refractivity contribution in [1.82, 2.24) is 5.32 Å². The fourth-order valence-corrected chi connectivity index (χ4v) is 4.95. The van der Waals surface area contributed by atoms with Crippen LogP contribution in [0.4, 0.5) is 18.0 Å². The molecular formula is C26H31ClF3NO4S. The predicted molar refractivity (Wildman–Crippen MR) is 135 cm³/mol. The molecule has 10 heteroatoms. The van der Waals surface area contributed by atoms with Crippen LogP contribution >= 0.6 is 23.4 Å². The number of carboxylic acid groups (broad SMARTS) is 1. The summed E-state index contributed by atoms with van der Waals surface area (Å²) in [7, 11) is 0. The highest BCUT2D eigenvalue weighted by molar-refractivity contribution is 7.99. The average molecular weight is 546 g/mol. The summed E-state index contributed by atoms with van der Waals surface area (Å²) in [5, 5.41) is 12.9. The number of halogens is 4. The Hall–Kier alpha value is -2.39. The summed E-state index contributed by atoms with van der Waals surface area (Å²) >= 11 is 7.60. The number of nitrogens with one attached hydrogen (secondary N) is 1. The molecule has 0 radical (unpaired) electrons. The minimum absolute atomic E-state index is 0.173. The van der Waals surface area contributed by atoms with Gasteiger partial charge in [-0.3, -0.25) is 0 Å². The van der Waals surface area contributed by atoms with E-state index in [1.807, 2.05) is 6.92 Å². The number of amides is 1. The van der Waals surface area contributed by atoms with Crippen LogP contribution in [0.3, 0.4) is 0 Å². The summed E-state index contributed by atoms with van der Waals surface area (Å²) in [5.41, 5.74) is -2.17. The summed E-state index contributed by atoms with van der Waals surface area (Å²) in [6.07, 6.45) is -3.35. The lowest BCUT2D eigenvalue weighted by molar-refractivity contribution is -0.145. The predicted octanol–water partition coefficient (Wildman–Crippen LogP) is 7.98. The Kier molecular flexibility index (Phi) is 10.1. The maximum absolute atomic E-state index is 13.0. The van der Waals surface area contributed by atoms with E-state index in [1.165, 1.54) is 17.8 Å². The summed E-state index contributed by atoms with van der Waals surface area (Å²) < 4.78 is 44.2. The molecule has 0 aliphatic carbocycles. The first-order chi connectivity index (χ1) is 16.6. The molecular weight excluding hydrogens is 515 g/mol. The van der Waals surface area contributed by atoms with Gasteiger partial charge in [0.2, 0.25) is 0 Å². The van der Waals surface area contributed by atoms with Gasteiger partial charge >= 0.3 is 18.2 Å². The van der Waals surface area contributed by atoms with E-state index in [-0.39, 0.29) is 12.8 Å². The number of alkyl carbamates (subject to hydrolysis) is 1. The summed E-state index contributed by atoms with van der Waals surface area (Å²) in [4.78, 5) is 25.6. The van der Waals surface area contributed by atoms with Crippen molar-refractivity contribution in [1.29, 1.82) is 0 Å². The smallest absolute Gasteiger partial charge is 0.416 e. The summed E-state index contributed by atoms with van der Waals surface area (Å²) in [5.74, 6) is -1.13. The zero-order valence-corrected chi connectivity index (χ0v) is 22.2. The van der Waals surface area contributed by atoms with Crippen molar-refractivity contribution in [3.63, 3.8) is 0 Å². The van der Waals surface area contributed by atoms with E-state index >= 15 is 0 Å². The van der Waals surface area contributed by atoms with E-state index in [0.29, 0.717) is 34.1 Å². The second-order valence-corrected chi connectivity index (χ2v) is 11.1. The molecule has 0 saturated heterocycles. The van der Waals surface area contributed by atoms with Crippen LogP contribution in [-0.4, -0.2) is 28.3 Å². The highest BCUT2D eigenvalue weighted by atomic mass is 35.5. The van der Waals surface area contributed by atoms with Gasteiger partial charge in [0.25, 0.3) is 0 Å². The van der Waals surface area contributed by atoms with E-state index in [2.05, 4.69) is 5.32 Å². The molecule has 0 spiro atoms. The van der Waals surface area contributed by atoms with E-state index in [0.717, 1.165) is 17.7 Å². The number of aliphatic carboxylic acids is 1. The van der Waals surface area contributed by atoms with E-state index in [1.54, 1.807) is 45.0 Å². The van der Waals surface area contributed by atoms with Gasteiger partial charge in [0.05, 0.1) is 5.56 Å². The Labute approximate surface area is 218 Å². The minimum atomic E-state index is -4.42. The Bertz CT molecular complexity index is 1070. The maximum atomic E-state index is 13.0. The number of benzene rings is 2. The second kappa shape index (κ2) is 12.2. The molecule has 198 valence electrons. The number of rotatable bonds is 10. The highest BCUT2D eigenvalue weighted by Crippen LogP contribution is 2.36. The molecule has 2 aromatic carbocycles. The number of hydrogen-bond acceptors (Lipinski definition) is 4. The Morgan fingerprint density at radius 1 is 1.06 bits per heavy atom. The second-order valence-electron chi connectivity index (χ2n) is 9.50. The minimum Gasteiger partial charge on any atom is -0.480 e. The van der Waals surface area contributed by atoms with Gasteiger partial charge in [-0.05, 0) is 82.3 Å². The molecule has 2 aromatic rings. The van der Waals surface area contributed by atoms with E-state index in [4.69, 9.17) is 16.3 Å². The molecule has 0 unspecified atom stereocenters. The first-order valence-corrected chi connectivity index (χ1v) is 12.7. The summed E-state index contributed by atoms with van der Waals surface area (Å²) in [6.45, 7) is 6.94. The van der Waals surface area contributed by atoms with Crippen LogP contribution in [0, 0.1) is 0 Å². The van der Waals surface area contributed by atoms with Crippen LogP contribution in [0.2, 0.25) is 5.02 Å². The van der Waals surface area contributed by atoms with Gasteiger partial charge in [-0.25, -0.2) is 9.59 Å². The van der Waals surface area contributed by atoms with Crippen molar-refractivity contribution in [2.45, 2.75) is 86.9 Å². The number of carbonyl (C=O) groups excluding carboxylic acids is 1. The highest BCUT2D eigenvalue weighted by Gasteiger charge is 2.40. The number of carbonyl (C=O) groups is 2. The number of carboxylic acids is 1. The fourth-order valence-electron chi connectivity index (χ4n) is 3.69. The van der Waals surface area contributed by atoms with Crippen molar-refractivity contribution in [3.05, 3.63) is 58.6 Å². The van der Waals surface area contributed by atoms with Gasteiger partial charge in [0.15, 0.2) is 0 Å². The third kappa shape index (κ3) is 8.92. The zero-order chi connectivity index (χ0) is 27.1. The molecule has 1 atom stereocenters. The van der Waals surface area contributed by atoms with Crippen molar-refractivity contribution < 1.29 is 32.6 Å². The third-order valence-corrected chi connectivity index (χ3v) is 6.63. The lowest BCUT2D eigenvalue weighted by atomic mass is 9.87. The normalized spacial score (nSPS) is 13.7. The van der Waals surface area contributed by atoms with Crippen molar-refractivity contribution in [2.75, 3.05) is 0 Å². The van der Waals surface area contributed by atoms with Crippen LogP contribution < -0.4 is 5.32 Å². The van der Waals surface area contributed by atoms with Crippen molar-refractivity contribution >= 4 is 35.4 Å². The standard InChI is InChI=1S/C26H31ClF3NO4S/c1-5-13-25(22(32)33,31-23(34)35-24(2,3)4)14-7-8-17-11-12-20(16-21(17)27)36-19-10-6-9-18(15-19)26(28,29)30/h6,9-12,15-16H,5,7-8,13-14H2,1-4H3,(H,31,34)(H,32,33)/t25-/m1/s1. The van der Waals surface area contributed by atoms with Gasteiger partial charge in [-0.15, -0.1) is 0 Å². The van der Waals surface area contributed by atoms with Crippen LogP contribution in [0.25, 0.3) is 0 Å². The average Bonchev–Trinajstić information content (AvgIpc) is 2.73. The Morgan fingerprint density at radius 3 is 2.28 bits per heavy atom. The summed E-state index contributed by atoms with van der Waals surface area (Å²) in [6, 6.07) is 10.3. The van der Waals surface area contributed by atoms with Gasteiger partial charge in [-0.1, -0.05) is 48.8 Å². The lowest BCUT2D eigenvalue weighted by Gasteiger charge is -2.31. The van der Waals surface area contributed by atoms with Crippen molar-refractivity contribution in [2.24, 2.45) is 0 Å². The van der Waals surface area contributed by atoms with Gasteiger partial charge in [0.1, 0.15) is 11.1 Å². The topological polar surface area (TPSA) is 75.6 Å². The molecule has 0 aliphatic heterocycles. The van der Waals surface area contributed by atoms with Gasteiger partial charge in [0, 0.05) is 14.8 Å². The maximum Gasteiger partial charge on any atom is 0.416 e. The number of ether oxygens (including phenoxy) is 1. The third-order valence-electron chi connectivity index (χ3n) is 5.30. The van der Waals surface area contributed by atoms with E-state index < -0.39 is 34.9 Å². The molecule has 0 saturated carbocycles. The largest absolute Gasteiger partial charge is 0.480 e. The SMILES string of the molecule is CCC[C@](CCCc1ccc(Sc2cccc(C(F)(F)F)c2)cc1Cl)(NC(=O)OC(C)(C)C)C(=O)O. The molecule has 0 heterocycles. The molecule has 2 N–H and O–H groups in total. The molecule has 2 rings (SSSR count). The molecule has 0 fully saturated rings. The lowest BCUT2D eigenvalue weighted by Crippen LogP contribution is -2.55. The molecule has 5 nitrogen and oxygen atoms in total. The van der Waals surface area contributed by atoms with Crippen LogP contribution in [0.15, 0.2) is 52.3 Å². The first-order valence-electron chi connectivity index (χ1n) is 11.5. The van der Waals surface area contributed by atoms with Gasteiger partial charge < -0.3 is 15.2 Å². The Morgan fingerprint density at radius 2 is 1.72 bits per heavy atom. The monoisotopic (exact) mass is 545 g/mol. The number of hydrogen-bond donors (Lipinski definition) is 2. The quantitative estimate of drug-likeness (QED) is 0.316. The first kappa shape index (κ1) is 29.8. The number of aryl methyl sites for hydroxylation is 1. The fraction of sp³-hybridized carbons (Fsp3) is 0.462.